The number of aryl methyl sites for hydroxylation is 1. The maximum atomic E-state index is 6.21. The lowest BCUT2D eigenvalue weighted by molar-refractivity contribution is 0.482. The van der Waals surface area contributed by atoms with Gasteiger partial charge < -0.3 is 9.64 Å². The van der Waals surface area contributed by atoms with Crippen molar-refractivity contribution in [3.05, 3.63) is 161 Å². The highest BCUT2D eigenvalue weighted by Gasteiger charge is 2.37. The van der Waals surface area contributed by atoms with Gasteiger partial charge in [0.05, 0.1) is 0 Å². The summed E-state index contributed by atoms with van der Waals surface area (Å²) in [6.07, 6.45) is 0. The highest BCUT2D eigenvalue weighted by Crippen LogP contribution is 2.53. The summed E-state index contributed by atoms with van der Waals surface area (Å²) in [5.41, 5.74) is 15.3. The van der Waals surface area contributed by atoms with E-state index in [4.69, 9.17) is 4.74 Å². The summed E-state index contributed by atoms with van der Waals surface area (Å²) < 4.78 is 6.21. The Balaban J connectivity index is 1.25. The molecule has 0 amide bonds. The van der Waals surface area contributed by atoms with Crippen LogP contribution in [-0.2, 0) is 10.8 Å². The third-order valence-corrected chi connectivity index (χ3v) is 10.0. The fourth-order valence-electron chi connectivity index (χ4n) is 7.52. The van der Waals surface area contributed by atoms with Crippen molar-refractivity contribution in [2.24, 2.45) is 0 Å². The lowest BCUT2D eigenvalue weighted by Gasteiger charge is -2.29. The van der Waals surface area contributed by atoms with E-state index >= 15 is 0 Å². The fourth-order valence-corrected chi connectivity index (χ4v) is 7.52. The van der Waals surface area contributed by atoms with E-state index in [0.717, 1.165) is 28.6 Å². The van der Waals surface area contributed by atoms with E-state index in [1.807, 2.05) is 12.1 Å². The highest BCUT2D eigenvalue weighted by molar-refractivity contribution is 5.88. The SMILES string of the molecule is Cc1ccc(Oc2ccc(N(c3ccc4c(c3)C(C)(C)c3ccccc3-4)c3ccc4c(c3)C(C)(C)c3ccccc3-4)cc2)cc1. The van der Waals surface area contributed by atoms with Gasteiger partial charge in [-0.2, -0.15) is 0 Å². The minimum absolute atomic E-state index is 0.0824. The number of nitrogens with zero attached hydrogens (tertiary/aromatic N) is 1. The molecule has 0 saturated carbocycles. The predicted molar refractivity (Wildman–Crippen MR) is 188 cm³/mol. The second kappa shape index (κ2) is 9.97. The Hall–Kier alpha value is -5.08. The summed E-state index contributed by atoms with van der Waals surface area (Å²) >= 11 is 0. The second-order valence-electron chi connectivity index (χ2n) is 13.5. The molecule has 2 aliphatic rings. The number of hydrogen-bond acceptors (Lipinski definition) is 2. The first-order valence-electron chi connectivity index (χ1n) is 15.9. The summed E-state index contributed by atoms with van der Waals surface area (Å²) in [4.78, 5) is 2.40. The molecule has 0 N–H and O–H groups in total. The van der Waals surface area contributed by atoms with E-state index in [0.29, 0.717) is 0 Å². The van der Waals surface area contributed by atoms with Gasteiger partial charge in [0, 0.05) is 27.9 Å². The summed E-state index contributed by atoms with van der Waals surface area (Å²) in [7, 11) is 0. The van der Waals surface area contributed by atoms with Crippen molar-refractivity contribution in [1.82, 2.24) is 0 Å². The number of benzene rings is 6. The molecule has 0 saturated heterocycles. The van der Waals surface area contributed by atoms with E-state index in [1.165, 1.54) is 50.1 Å². The maximum absolute atomic E-state index is 6.21. The van der Waals surface area contributed by atoms with Crippen molar-refractivity contribution in [3.8, 4) is 33.8 Å². The molecule has 0 atom stereocenters. The first kappa shape index (κ1) is 27.5. The molecule has 2 aliphatic carbocycles. The molecular formula is C43H37NO. The summed E-state index contributed by atoms with van der Waals surface area (Å²) in [5, 5.41) is 0. The van der Waals surface area contributed by atoms with Gasteiger partial charge in [-0.25, -0.2) is 0 Å². The van der Waals surface area contributed by atoms with Crippen LogP contribution in [0.4, 0.5) is 17.1 Å². The quantitative estimate of drug-likeness (QED) is 0.200. The van der Waals surface area contributed by atoms with Gasteiger partial charge in [-0.05, 0) is 112 Å². The van der Waals surface area contributed by atoms with Crippen molar-refractivity contribution in [3.63, 3.8) is 0 Å². The Kier molecular flexibility index (Phi) is 6.09. The smallest absolute Gasteiger partial charge is 0.127 e. The average Bonchev–Trinajstić information content (AvgIpc) is 3.42. The number of anilines is 3. The van der Waals surface area contributed by atoms with Crippen LogP contribution in [-0.4, -0.2) is 0 Å². The van der Waals surface area contributed by atoms with Crippen LogP contribution in [0.25, 0.3) is 22.3 Å². The van der Waals surface area contributed by atoms with Crippen LogP contribution in [0.5, 0.6) is 11.5 Å². The second-order valence-corrected chi connectivity index (χ2v) is 13.5. The Labute approximate surface area is 266 Å². The normalized spacial score (nSPS) is 14.7. The van der Waals surface area contributed by atoms with Crippen molar-refractivity contribution in [2.75, 3.05) is 4.90 Å². The zero-order valence-corrected chi connectivity index (χ0v) is 26.6. The Morgan fingerprint density at radius 3 is 1.31 bits per heavy atom. The van der Waals surface area contributed by atoms with E-state index in [2.05, 4.69) is 161 Å². The minimum Gasteiger partial charge on any atom is -0.457 e. The molecule has 0 radical (unpaired) electrons. The van der Waals surface area contributed by atoms with E-state index in [9.17, 15) is 0 Å². The third kappa shape index (κ3) is 4.31. The molecule has 0 heterocycles. The minimum atomic E-state index is -0.0824. The van der Waals surface area contributed by atoms with Crippen LogP contribution in [0.3, 0.4) is 0 Å². The molecule has 0 spiro atoms. The zero-order chi connectivity index (χ0) is 30.9. The molecule has 8 rings (SSSR count). The Morgan fingerprint density at radius 1 is 0.422 bits per heavy atom. The van der Waals surface area contributed by atoms with Gasteiger partial charge in [0.15, 0.2) is 0 Å². The first-order valence-corrected chi connectivity index (χ1v) is 15.9. The number of ether oxygens (including phenoxy) is 1. The monoisotopic (exact) mass is 583 g/mol. The van der Waals surface area contributed by atoms with Gasteiger partial charge >= 0.3 is 0 Å². The van der Waals surface area contributed by atoms with E-state index < -0.39 is 0 Å². The van der Waals surface area contributed by atoms with Gasteiger partial charge in [-0.15, -0.1) is 0 Å². The Bertz CT molecular complexity index is 1980. The standard InChI is InChI=1S/C43H37NO/c1-28-14-20-32(21-15-28)45-33-22-16-29(17-23-33)44(30-18-24-36-34-10-6-8-12-38(34)42(2,3)40(36)26-30)31-19-25-37-35-11-7-9-13-39(35)43(4,5)41(37)27-31/h6-27H,1-5H3. The molecule has 0 fully saturated rings. The summed E-state index contributed by atoms with van der Waals surface area (Å²) in [6, 6.07) is 48.3. The largest absolute Gasteiger partial charge is 0.457 e. The third-order valence-electron chi connectivity index (χ3n) is 10.0. The molecule has 0 bridgehead atoms. The molecule has 0 aliphatic heterocycles. The van der Waals surface area contributed by atoms with Crippen LogP contribution >= 0.6 is 0 Å². The molecular weight excluding hydrogens is 546 g/mol. The summed E-state index contributed by atoms with van der Waals surface area (Å²) in [6.45, 7) is 11.5. The highest BCUT2D eigenvalue weighted by atomic mass is 16.5. The van der Waals surface area contributed by atoms with Crippen molar-refractivity contribution < 1.29 is 4.74 Å². The number of hydrogen-bond donors (Lipinski definition) is 0. The lowest BCUT2D eigenvalue weighted by Crippen LogP contribution is -2.18. The molecule has 6 aromatic rings. The number of fused-ring (bicyclic) bond motifs is 6. The van der Waals surface area contributed by atoms with Crippen molar-refractivity contribution >= 4 is 17.1 Å². The molecule has 0 unspecified atom stereocenters. The van der Waals surface area contributed by atoms with Gasteiger partial charge in [-0.3, -0.25) is 0 Å². The van der Waals surface area contributed by atoms with Crippen molar-refractivity contribution in [2.45, 2.75) is 45.4 Å². The predicted octanol–water partition coefficient (Wildman–Crippen LogP) is 11.9. The number of rotatable bonds is 5. The van der Waals surface area contributed by atoms with Gasteiger partial charge in [0.25, 0.3) is 0 Å². The van der Waals surface area contributed by atoms with Crippen LogP contribution in [0.1, 0.15) is 55.5 Å². The van der Waals surface area contributed by atoms with Crippen LogP contribution in [0.15, 0.2) is 133 Å². The van der Waals surface area contributed by atoms with Crippen molar-refractivity contribution in [1.29, 1.82) is 0 Å². The topological polar surface area (TPSA) is 12.5 Å². The van der Waals surface area contributed by atoms with Crippen LogP contribution in [0, 0.1) is 6.92 Å². The summed E-state index contributed by atoms with van der Waals surface area (Å²) in [5.74, 6) is 1.66. The first-order chi connectivity index (χ1) is 21.7. The lowest BCUT2D eigenvalue weighted by atomic mass is 9.82. The zero-order valence-electron chi connectivity index (χ0n) is 26.6. The van der Waals surface area contributed by atoms with Gasteiger partial charge in [-0.1, -0.05) is 106 Å². The average molecular weight is 584 g/mol. The molecule has 6 aromatic carbocycles. The fraction of sp³-hybridized carbons (Fsp3) is 0.163. The van der Waals surface area contributed by atoms with Crippen LogP contribution < -0.4 is 9.64 Å². The van der Waals surface area contributed by atoms with Gasteiger partial charge in [0.1, 0.15) is 11.5 Å². The van der Waals surface area contributed by atoms with Gasteiger partial charge in [0.2, 0.25) is 0 Å². The molecule has 220 valence electrons. The molecule has 45 heavy (non-hydrogen) atoms. The van der Waals surface area contributed by atoms with Crippen LogP contribution in [0.2, 0.25) is 0 Å². The molecule has 2 heteroatoms. The molecule has 0 aromatic heterocycles. The van der Waals surface area contributed by atoms with E-state index in [-0.39, 0.29) is 10.8 Å². The van der Waals surface area contributed by atoms with E-state index in [1.54, 1.807) is 0 Å². The Morgan fingerprint density at radius 2 is 0.822 bits per heavy atom. The maximum Gasteiger partial charge on any atom is 0.127 e. The molecule has 2 nitrogen and oxygen atoms in total.